The molecule has 3 saturated heterocycles. The number of amides is 4. The lowest BCUT2D eigenvalue weighted by atomic mass is 9.87. The lowest BCUT2D eigenvalue weighted by Gasteiger charge is -2.43. The molecule has 5 aliphatic heterocycles. The van der Waals surface area contributed by atoms with Crippen molar-refractivity contribution in [3.05, 3.63) is 70.7 Å². The van der Waals surface area contributed by atoms with Gasteiger partial charge in [0.2, 0.25) is 11.8 Å². The topological polar surface area (TPSA) is 167 Å². The molecule has 0 spiro atoms. The molecule has 1 aromatic carbocycles. The number of allylic oxidation sites excluding steroid dienone is 2. The first kappa shape index (κ1) is 40.9. The number of halogens is 3. The lowest BCUT2D eigenvalue weighted by molar-refractivity contribution is -0.136. The van der Waals surface area contributed by atoms with Crippen molar-refractivity contribution in [1.82, 2.24) is 34.7 Å². The highest BCUT2D eigenvalue weighted by atomic mass is 19.3. The molecule has 2 aromatic heterocycles. The Bertz CT molecular complexity index is 2250. The molecule has 4 atom stereocenters. The van der Waals surface area contributed by atoms with E-state index in [4.69, 9.17) is 5.73 Å². The average molecular weight is 844 g/mol. The van der Waals surface area contributed by atoms with Crippen LogP contribution >= 0.6 is 0 Å². The number of nitrogens with one attached hydrogen (secondary N) is 2. The van der Waals surface area contributed by atoms with Gasteiger partial charge in [-0.15, -0.1) is 0 Å². The first-order valence-corrected chi connectivity index (χ1v) is 21.4. The first-order chi connectivity index (χ1) is 29.4. The molecule has 4 fully saturated rings. The van der Waals surface area contributed by atoms with Crippen LogP contribution in [0.5, 0.6) is 0 Å². The van der Waals surface area contributed by atoms with Crippen molar-refractivity contribution < 1.29 is 32.3 Å². The molecule has 1 aliphatic carbocycles. The van der Waals surface area contributed by atoms with Gasteiger partial charge in [0, 0.05) is 75.9 Å². The molecule has 9 rings (SSSR count). The van der Waals surface area contributed by atoms with Crippen LogP contribution in [0, 0.1) is 5.92 Å². The van der Waals surface area contributed by atoms with Gasteiger partial charge in [-0.25, -0.2) is 17.9 Å². The second kappa shape index (κ2) is 16.8. The summed E-state index contributed by atoms with van der Waals surface area (Å²) in [6.45, 7) is 2.86. The summed E-state index contributed by atoms with van der Waals surface area (Å²) in [5, 5.41) is 13.6. The summed E-state index contributed by atoms with van der Waals surface area (Å²) in [6.07, 6.45) is 11.6. The van der Waals surface area contributed by atoms with Crippen LogP contribution < -0.4 is 26.2 Å². The molecule has 1 saturated carbocycles. The van der Waals surface area contributed by atoms with Crippen LogP contribution in [0.4, 0.5) is 30.4 Å². The molecule has 2 unspecified atom stereocenters. The first-order valence-electron chi connectivity index (χ1n) is 21.4. The Labute approximate surface area is 351 Å². The highest BCUT2D eigenvalue weighted by molar-refractivity contribution is 6.08. The molecule has 18 heteroatoms. The number of rotatable bonds is 9. The Morgan fingerprint density at radius 1 is 1.07 bits per heavy atom. The molecule has 3 aromatic rings. The molecule has 7 heterocycles. The van der Waals surface area contributed by atoms with Gasteiger partial charge in [0.25, 0.3) is 18.2 Å². The molecule has 61 heavy (non-hydrogen) atoms. The van der Waals surface area contributed by atoms with E-state index in [9.17, 15) is 32.3 Å². The van der Waals surface area contributed by atoms with E-state index in [1.165, 1.54) is 22.6 Å². The van der Waals surface area contributed by atoms with Crippen LogP contribution in [0.25, 0.3) is 6.20 Å². The minimum atomic E-state index is -2.89. The molecule has 324 valence electrons. The van der Waals surface area contributed by atoms with Crippen molar-refractivity contribution in [3.8, 4) is 0 Å². The number of nitrogens with two attached hydrogens (primary N) is 1. The van der Waals surface area contributed by atoms with Gasteiger partial charge in [-0.1, -0.05) is 11.6 Å². The van der Waals surface area contributed by atoms with E-state index in [2.05, 4.69) is 37.9 Å². The lowest BCUT2D eigenvalue weighted by Crippen LogP contribution is -2.57. The Hall–Kier alpha value is -5.49. The van der Waals surface area contributed by atoms with E-state index in [0.717, 1.165) is 69.3 Å². The summed E-state index contributed by atoms with van der Waals surface area (Å²) >= 11 is 0. The number of nitrogens with zero attached hydrogens (tertiary/aromatic N) is 8. The number of carbonyl (C=O) groups excluding carboxylic acids is 4. The number of piperidine rings is 3. The van der Waals surface area contributed by atoms with Gasteiger partial charge < -0.3 is 25.8 Å². The largest absolute Gasteiger partial charge is 0.372 e. The highest BCUT2D eigenvalue weighted by Crippen LogP contribution is 2.37. The van der Waals surface area contributed by atoms with E-state index in [1.54, 1.807) is 22.8 Å². The molecule has 4 amide bonds. The molecule has 6 aliphatic rings. The number of carbonyl (C=O) groups is 4. The van der Waals surface area contributed by atoms with Crippen molar-refractivity contribution in [2.75, 3.05) is 48.3 Å². The number of hydrogen-bond acceptors (Lipinski definition) is 10. The number of alkyl halides is 3. The number of aromatic nitrogens is 4. The van der Waals surface area contributed by atoms with Gasteiger partial charge in [-0.3, -0.25) is 34.1 Å². The number of hydrogen-bond donors (Lipinski definition) is 3. The molecule has 15 nitrogen and oxygen atoms in total. The third-order valence-electron chi connectivity index (χ3n) is 13.4. The van der Waals surface area contributed by atoms with Gasteiger partial charge in [0.15, 0.2) is 5.69 Å². The monoisotopic (exact) mass is 843 g/mol. The summed E-state index contributed by atoms with van der Waals surface area (Å²) in [7, 11) is 1.79. The second-order valence-electron chi connectivity index (χ2n) is 17.4. The average Bonchev–Trinajstić information content (AvgIpc) is 3.96. The Kier molecular flexibility index (Phi) is 11.2. The fourth-order valence-electron chi connectivity index (χ4n) is 10.1. The van der Waals surface area contributed by atoms with Gasteiger partial charge in [0.05, 0.1) is 17.9 Å². The Balaban J connectivity index is 0.770. The predicted octanol–water partition coefficient (Wildman–Crippen LogP) is 5.00. The molecule has 0 bridgehead atoms. The zero-order valence-corrected chi connectivity index (χ0v) is 34.2. The normalized spacial score (nSPS) is 26.2. The molecule has 0 radical (unpaired) electrons. The van der Waals surface area contributed by atoms with Crippen LogP contribution in [0.3, 0.4) is 0 Å². The standard InChI is InChI=1S/C43H52F3N11O4/c1-52-37(54-22-28(44)19-29(47)23-54)14-17-56-42(52)33(20-48-56)40(59)49-34-24-57(51-38(34)39(45)46)30-6-4-25(5-7-30)2-3-26-12-15-53(16-13-26)31-8-9-32-27(18-31)21-55(43(32)61)35-10-11-36(58)50-41(35)60/h2,8-9,14,17-18,20,24,26,28-30,35,37,39H,3-7,10-13,15-16,19,21-23,47H2,1H3,(H,49,59)(H,50,58,60)/t28-,29-,30?,35?,37?/m1/s1. The summed E-state index contributed by atoms with van der Waals surface area (Å²) in [4.78, 5) is 58.6. The number of benzene rings is 1. The number of fused-ring (bicyclic) bond motifs is 2. The quantitative estimate of drug-likeness (QED) is 0.197. The van der Waals surface area contributed by atoms with Crippen LogP contribution in [-0.4, -0.2) is 111 Å². The van der Waals surface area contributed by atoms with Crippen LogP contribution in [0.15, 0.2) is 48.3 Å². The minimum absolute atomic E-state index is 0.0389. The van der Waals surface area contributed by atoms with Crippen LogP contribution in [-0.2, 0) is 16.1 Å². The van der Waals surface area contributed by atoms with Crippen molar-refractivity contribution in [3.63, 3.8) is 0 Å². The van der Waals surface area contributed by atoms with E-state index in [-0.39, 0.29) is 54.3 Å². The summed E-state index contributed by atoms with van der Waals surface area (Å²) < 4.78 is 46.2. The predicted molar refractivity (Wildman–Crippen MR) is 222 cm³/mol. The smallest absolute Gasteiger partial charge is 0.284 e. The van der Waals surface area contributed by atoms with Crippen molar-refractivity contribution in [1.29, 1.82) is 0 Å². The van der Waals surface area contributed by atoms with Crippen LogP contribution in [0.2, 0.25) is 0 Å². The zero-order valence-electron chi connectivity index (χ0n) is 34.2. The summed E-state index contributed by atoms with van der Waals surface area (Å²) in [5.74, 6) is -0.470. The fourth-order valence-corrected chi connectivity index (χ4v) is 10.1. The Morgan fingerprint density at radius 3 is 2.59 bits per heavy atom. The third-order valence-corrected chi connectivity index (χ3v) is 13.4. The number of likely N-dealkylation sites (tertiary alicyclic amines) is 1. The maximum Gasteiger partial charge on any atom is 0.284 e. The maximum atomic E-state index is 14.4. The van der Waals surface area contributed by atoms with Gasteiger partial charge in [-0.05, 0) is 93.5 Å². The summed E-state index contributed by atoms with van der Waals surface area (Å²) in [5.41, 5.74) is 9.74. The Morgan fingerprint density at radius 2 is 1.85 bits per heavy atom. The number of likely N-dealkylation sites (N-methyl/N-ethyl adjacent to an activating group) is 1. The van der Waals surface area contributed by atoms with Gasteiger partial charge >= 0.3 is 0 Å². The van der Waals surface area contributed by atoms with E-state index < -0.39 is 36.1 Å². The molecular formula is C43H52F3N11O4. The van der Waals surface area contributed by atoms with E-state index in [0.29, 0.717) is 43.2 Å². The molecular weight excluding hydrogens is 792 g/mol. The summed E-state index contributed by atoms with van der Waals surface area (Å²) in [6, 6.07) is 4.89. The van der Waals surface area contributed by atoms with E-state index in [1.807, 2.05) is 28.0 Å². The SMILES string of the molecule is CN1c2c(C(=O)Nc3cn(C4CCC(=CCC5CCN(c6ccc7c(c6)CN(C6CCC(=O)NC6=O)C7=O)CC5)CC4)nc3C(F)F)cnn2C=CC1N1C[C@H](N)C[C@@H](F)C1. The second-order valence-corrected chi connectivity index (χ2v) is 17.4. The van der Waals surface area contributed by atoms with Crippen LogP contribution in [0.1, 0.15) is 109 Å². The number of imide groups is 1. The highest BCUT2D eigenvalue weighted by Gasteiger charge is 2.40. The number of anilines is 3. The fraction of sp³-hybridized carbons (Fsp3) is 0.535. The van der Waals surface area contributed by atoms with Crippen molar-refractivity contribution >= 4 is 47.0 Å². The van der Waals surface area contributed by atoms with Gasteiger partial charge in [-0.2, -0.15) is 10.2 Å². The van der Waals surface area contributed by atoms with Crippen molar-refractivity contribution in [2.24, 2.45) is 11.7 Å². The third kappa shape index (κ3) is 8.18. The van der Waals surface area contributed by atoms with E-state index >= 15 is 0 Å². The minimum Gasteiger partial charge on any atom is -0.372 e. The van der Waals surface area contributed by atoms with Crippen molar-refractivity contribution in [2.45, 2.75) is 108 Å². The maximum absolute atomic E-state index is 14.4. The zero-order chi connectivity index (χ0) is 42.5. The molecule has 4 N–H and O–H groups in total. The van der Waals surface area contributed by atoms with Gasteiger partial charge in [0.1, 0.15) is 29.8 Å².